The van der Waals surface area contributed by atoms with Gasteiger partial charge in [-0.25, -0.2) is 9.97 Å². The molecule has 9 nitrogen and oxygen atoms in total. The van der Waals surface area contributed by atoms with Crippen molar-refractivity contribution in [3.63, 3.8) is 0 Å². The van der Waals surface area contributed by atoms with Gasteiger partial charge in [0, 0.05) is 42.0 Å². The van der Waals surface area contributed by atoms with Gasteiger partial charge < -0.3 is 25.4 Å². The monoisotopic (exact) mass is 491 g/mol. The van der Waals surface area contributed by atoms with Crippen LogP contribution >= 0.6 is 0 Å². The summed E-state index contributed by atoms with van der Waals surface area (Å²) in [5.74, 6) is 1.01. The Morgan fingerprint density at radius 2 is 1.42 bits per heavy atom. The van der Waals surface area contributed by atoms with Crippen LogP contribution in [-0.2, 0) is 4.79 Å². The van der Waals surface area contributed by atoms with Crippen molar-refractivity contribution in [3.05, 3.63) is 65.5 Å². The van der Waals surface area contributed by atoms with Crippen molar-refractivity contribution in [2.75, 3.05) is 35.7 Å². The fourth-order valence-corrected chi connectivity index (χ4v) is 3.56. The van der Waals surface area contributed by atoms with Gasteiger partial charge in [0.2, 0.25) is 11.9 Å². The molecule has 0 fully saturated rings. The van der Waals surface area contributed by atoms with E-state index in [-0.39, 0.29) is 11.8 Å². The van der Waals surface area contributed by atoms with Crippen LogP contribution in [0.3, 0.4) is 0 Å². The highest BCUT2D eigenvalue weighted by Crippen LogP contribution is 2.37. The van der Waals surface area contributed by atoms with Gasteiger partial charge in [-0.05, 0) is 52.3 Å². The Balaban J connectivity index is 1.67. The molecule has 0 bridgehead atoms. The van der Waals surface area contributed by atoms with Crippen molar-refractivity contribution in [1.29, 1.82) is 0 Å². The second-order valence-corrected chi connectivity index (χ2v) is 8.08. The summed E-state index contributed by atoms with van der Waals surface area (Å²) in [5.41, 5.74) is 3.24. The summed E-state index contributed by atoms with van der Waals surface area (Å²) in [6.07, 6.45) is 0.884. The van der Waals surface area contributed by atoms with E-state index in [1.165, 1.54) is 0 Å². The van der Waals surface area contributed by atoms with E-state index in [0.717, 1.165) is 11.4 Å². The van der Waals surface area contributed by atoms with Gasteiger partial charge in [0.1, 0.15) is 11.5 Å². The Kier molecular flexibility index (Phi) is 9.62. The number of carbonyl (C=O) groups is 2. The van der Waals surface area contributed by atoms with E-state index in [1.807, 2.05) is 39.8 Å². The highest BCUT2D eigenvalue weighted by Gasteiger charge is 2.17. The van der Waals surface area contributed by atoms with Crippen LogP contribution in [0.15, 0.2) is 48.5 Å². The van der Waals surface area contributed by atoms with Crippen LogP contribution in [0.5, 0.6) is 11.5 Å². The average molecular weight is 492 g/mol. The Morgan fingerprint density at radius 1 is 0.833 bits per heavy atom. The van der Waals surface area contributed by atoms with E-state index in [0.29, 0.717) is 67.0 Å². The molecule has 2 aromatic carbocycles. The summed E-state index contributed by atoms with van der Waals surface area (Å²) in [7, 11) is 0. The molecular weight excluding hydrogens is 458 g/mol. The second kappa shape index (κ2) is 13.1. The van der Waals surface area contributed by atoms with Gasteiger partial charge in [-0.15, -0.1) is 0 Å². The van der Waals surface area contributed by atoms with Crippen LogP contribution in [0, 0.1) is 13.8 Å². The summed E-state index contributed by atoms with van der Waals surface area (Å²) in [6, 6.07) is 14.2. The fourth-order valence-electron chi connectivity index (χ4n) is 3.56. The number of nitrogens with zero attached hydrogens (tertiary/aromatic N) is 2. The first kappa shape index (κ1) is 26.5. The predicted molar refractivity (Wildman–Crippen MR) is 141 cm³/mol. The fraction of sp³-hybridized carbons (Fsp3) is 0.333. The zero-order valence-electron chi connectivity index (χ0n) is 21.2. The number of rotatable bonds is 12. The van der Waals surface area contributed by atoms with E-state index in [1.54, 1.807) is 36.4 Å². The topological polar surface area (TPSA) is 114 Å². The lowest BCUT2D eigenvalue weighted by Gasteiger charge is -2.18. The van der Waals surface area contributed by atoms with Crippen molar-refractivity contribution < 1.29 is 19.1 Å². The largest absolute Gasteiger partial charge is 0.492 e. The standard InChI is InChI=1S/C27H33N5O4/c1-5-35-23-17-22(32-26(34)20-11-8-7-9-12-20)24(36-6-2)16-21(23)31-25(33)13-10-14-28-27-29-18(3)15-19(4)30-27/h7-9,11-12,15-17H,5-6,10,13-14H2,1-4H3,(H,31,33)(H,32,34)(H,28,29,30). The molecule has 9 heteroatoms. The molecule has 0 spiro atoms. The highest BCUT2D eigenvalue weighted by atomic mass is 16.5. The molecular formula is C27H33N5O4. The van der Waals surface area contributed by atoms with Gasteiger partial charge in [-0.2, -0.15) is 0 Å². The maximum Gasteiger partial charge on any atom is 0.255 e. The maximum absolute atomic E-state index is 12.7. The van der Waals surface area contributed by atoms with Crippen molar-refractivity contribution in [2.24, 2.45) is 0 Å². The minimum absolute atomic E-state index is 0.164. The summed E-state index contributed by atoms with van der Waals surface area (Å²) in [5, 5.41) is 8.94. The minimum atomic E-state index is -0.268. The van der Waals surface area contributed by atoms with Crippen LogP contribution in [0.4, 0.5) is 17.3 Å². The van der Waals surface area contributed by atoms with E-state index >= 15 is 0 Å². The van der Waals surface area contributed by atoms with Crippen LogP contribution in [0.25, 0.3) is 0 Å². The zero-order chi connectivity index (χ0) is 25.9. The molecule has 190 valence electrons. The molecule has 0 aliphatic rings. The van der Waals surface area contributed by atoms with Gasteiger partial charge in [-0.3, -0.25) is 9.59 Å². The number of hydrogen-bond acceptors (Lipinski definition) is 7. The Hall–Kier alpha value is -4.14. The SMILES string of the molecule is CCOc1cc(NC(=O)c2ccccc2)c(OCC)cc1NC(=O)CCCNc1nc(C)cc(C)n1. The Bertz CT molecular complexity index is 1160. The lowest BCUT2D eigenvalue weighted by molar-refractivity contribution is -0.116. The van der Waals surface area contributed by atoms with Gasteiger partial charge in [0.25, 0.3) is 5.91 Å². The Labute approximate surface area is 211 Å². The number of amides is 2. The minimum Gasteiger partial charge on any atom is -0.492 e. The lowest BCUT2D eigenvalue weighted by Crippen LogP contribution is -2.16. The van der Waals surface area contributed by atoms with E-state index < -0.39 is 0 Å². The third-order valence-electron chi connectivity index (χ3n) is 5.09. The first-order valence-electron chi connectivity index (χ1n) is 12.1. The second-order valence-electron chi connectivity index (χ2n) is 8.08. The molecule has 0 saturated heterocycles. The molecule has 36 heavy (non-hydrogen) atoms. The number of benzene rings is 2. The molecule has 3 aromatic rings. The highest BCUT2D eigenvalue weighted by molar-refractivity contribution is 6.05. The predicted octanol–water partition coefficient (Wildman–Crippen LogP) is 4.97. The molecule has 1 aromatic heterocycles. The molecule has 0 aliphatic carbocycles. The molecule has 0 radical (unpaired) electrons. The zero-order valence-corrected chi connectivity index (χ0v) is 21.2. The lowest BCUT2D eigenvalue weighted by atomic mass is 10.2. The van der Waals surface area contributed by atoms with Crippen LogP contribution in [-0.4, -0.2) is 41.5 Å². The molecule has 3 rings (SSSR count). The van der Waals surface area contributed by atoms with Crippen molar-refractivity contribution in [1.82, 2.24) is 9.97 Å². The van der Waals surface area contributed by atoms with Crippen molar-refractivity contribution in [2.45, 2.75) is 40.5 Å². The van der Waals surface area contributed by atoms with Crippen LogP contribution < -0.4 is 25.4 Å². The quantitative estimate of drug-likeness (QED) is 0.306. The smallest absolute Gasteiger partial charge is 0.255 e. The average Bonchev–Trinajstić information content (AvgIpc) is 2.84. The van der Waals surface area contributed by atoms with Gasteiger partial charge in [0.05, 0.1) is 24.6 Å². The first-order chi connectivity index (χ1) is 17.4. The third-order valence-corrected chi connectivity index (χ3v) is 5.09. The maximum atomic E-state index is 12.7. The summed E-state index contributed by atoms with van der Waals surface area (Å²) >= 11 is 0. The number of ether oxygens (including phenoxy) is 2. The van der Waals surface area contributed by atoms with Crippen molar-refractivity contribution >= 4 is 29.1 Å². The number of carbonyl (C=O) groups excluding carboxylic acids is 2. The number of anilines is 3. The third kappa shape index (κ3) is 7.69. The Morgan fingerprint density at radius 3 is 2.00 bits per heavy atom. The number of aromatic nitrogens is 2. The van der Waals surface area contributed by atoms with E-state index in [9.17, 15) is 9.59 Å². The molecule has 2 amide bonds. The first-order valence-corrected chi connectivity index (χ1v) is 12.1. The van der Waals surface area contributed by atoms with Gasteiger partial charge in [-0.1, -0.05) is 18.2 Å². The number of nitrogens with one attached hydrogen (secondary N) is 3. The van der Waals surface area contributed by atoms with Gasteiger partial charge in [0.15, 0.2) is 0 Å². The summed E-state index contributed by atoms with van der Waals surface area (Å²) in [4.78, 5) is 34.1. The van der Waals surface area contributed by atoms with Crippen LogP contribution in [0.2, 0.25) is 0 Å². The summed E-state index contributed by atoms with van der Waals surface area (Å²) in [6.45, 7) is 8.87. The number of hydrogen-bond donors (Lipinski definition) is 3. The molecule has 0 aliphatic heterocycles. The molecule has 1 heterocycles. The van der Waals surface area contributed by atoms with E-state index in [4.69, 9.17) is 9.47 Å². The molecule has 0 unspecified atom stereocenters. The van der Waals surface area contributed by atoms with Crippen LogP contribution in [0.1, 0.15) is 48.4 Å². The number of aryl methyl sites for hydroxylation is 2. The summed E-state index contributed by atoms with van der Waals surface area (Å²) < 4.78 is 11.5. The molecule has 3 N–H and O–H groups in total. The van der Waals surface area contributed by atoms with Crippen molar-refractivity contribution in [3.8, 4) is 11.5 Å². The van der Waals surface area contributed by atoms with E-state index in [2.05, 4.69) is 25.9 Å². The molecule has 0 atom stereocenters. The normalized spacial score (nSPS) is 10.4. The molecule has 0 saturated carbocycles. The van der Waals surface area contributed by atoms with Gasteiger partial charge >= 0.3 is 0 Å².